The van der Waals surface area contributed by atoms with Crippen molar-refractivity contribution in [3.8, 4) is 0 Å². The van der Waals surface area contributed by atoms with Crippen LogP contribution < -0.4 is 34.7 Å². The molecule has 0 fully saturated rings. The Morgan fingerprint density at radius 3 is 2.28 bits per heavy atom. The fourth-order valence-corrected chi connectivity index (χ4v) is 2.65. The van der Waals surface area contributed by atoms with Crippen molar-refractivity contribution in [3.63, 3.8) is 0 Å². The number of carbonyl (C=O) groups is 1. The van der Waals surface area contributed by atoms with E-state index in [4.69, 9.17) is 0 Å². The first-order valence-corrected chi connectivity index (χ1v) is 6.73. The van der Waals surface area contributed by atoms with E-state index in [-0.39, 0.29) is 40.0 Å². The molecule has 18 heavy (non-hydrogen) atoms. The van der Waals surface area contributed by atoms with Gasteiger partial charge in [-0.2, -0.15) is 0 Å². The van der Waals surface area contributed by atoms with Gasteiger partial charge in [0.15, 0.2) is 9.84 Å². The molecule has 0 spiro atoms. The van der Waals surface area contributed by atoms with Crippen LogP contribution in [0.25, 0.3) is 10.8 Å². The zero-order valence-corrected chi connectivity index (χ0v) is 12.8. The van der Waals surface area contributed by atoms with E-state index in [0.29, 0.717) is 10.8 Å². The molecule has 0 amide bonds. The van der Waals surface area contributed by atoms with Crippen LogP contribution in [0.4, 0.5) is 0 Å². The molecule has 0 bridgehead atoms. The zero-order valence-electron chi connectivity index (χ0n) is 10.0. The van der Waals surface area contributed by atoms with Crippen molar-refractivity contribution >= 4 is 26.6 Å². The van der Waals surface area contributed by atoms with E-state index in [1.165, 1.54) is 6.07 Å². The van der Waals surface area contributed by atoms with Gasteiger partial charge in [-0.1, -0.05) is 30.3 Å². The van der Waals surface area contributed by atoms with Gasteiger partial charge in [0.1, 0.15) is 0 Å². The van der Waals surface area contributed by atoms with Crippen molar-refractivity contribution in [1.82, 2.24) is 0 Å². The number of hydrogen-bond donors (Lipinski definition) is 0. The van der Waals surface area contributed by atoms with E-state index in [1.807, 2.05) is 0 Å². The number of carbonyl (C=O) groups excluding carboxylic acids is 1. The molecule has 2 aromatic rings. The molecule has 88 valence electrons. The van der Waals surface area contributed by atoms with Gasteiger partial charge < -0.3 is 9.90 Å². The predicted octanol–water partition coefficient (Wildman–Crippen LogP) is -2.39. The van der Waals surface area contributed by atoms with Crippen molar-refractivity contribution in [1.29, 1.82) is 0 Å². The largest absolute Gasteiger partial charge is 1.00 e. The van der Waals surface area contributed by atoms with E-state index in [2.05, 4.69) is 0 Å². The summed E-state index contributed by atoms with van der Waals surface area (Å²) in [6.07, 6.45) is 0.976. The average molecular weight is 272 g/mol. The molecule has 0 saturated carbocycles. The molecule has 0 N–H and O–H groups in total. The minimum absolute atomic E-state index is 0. The smallest absolute Gasteiger partial charge is 0.545 e. The number of carboxylic acid groups (broad SMARTS) is 1. The Hall–Kier alpha value is -0.880. The standard InChI is InChI=1S/C12H10O4S.Na/c1-17(15,16)10-7-6-8-4-2-3-5-9(8)11(10)12(13)14;/h2-7H,1H3,(H,13,14);/q;+1/p-1. The summed E-state index contributed by atoms with van der Waals surface area (Å²) in [6.45, 7) is 0. The summed E-state index contributed by atoms with van der Waals surface area (Å²) in [6, 6.07) is 9.56. The average Bonchev–Trinajstić information content (AvgIpc) is 2.26. The zero-order chi connectivity index (χ0) is 12.6. The molecule has 0 radical (unpaired) electrons. The first-order valence-electron chi connectivity index (χ1n) is 4.84. The second-order valence-corrected chi connectivity index (χ2v) is 5.70. The molecule has 0 atom stereocenters. The number of carboxylic acids is 1. The Morgan fingerprint density at radius 2 is 1.72 bits per heavy atom. The third-order valence-corrected chi connectivity index (χ3v) is 3.63. The van der Waals surface area contributed by atoms with Crippen LogP contribution in [-0.2, 0) is 9.84 Å². The van der Waals surface area contributed by atoms with E-state index in [1.54, 1.807) is 30.3 Å². The number of benzene rings is 2. The number of fused-ring (bicyclic) bond motifs is 1. The Kier molecular flexibility index (Phi) is 4.55. The van der Waals surface area contributed by atoms with Crippen molar-refractivity contribution in [2.45, 2.75) is 4.90 Å². The summed E-state index contributed by atoms with van der Waals surface area (Å²) in [5.74, 6) is -1.48. The Balaban J connectivity index is 0.00000162. The minimum Gasteiger partial charge on any atom is -0.545 e. The summed E-state index contributed by atoms with van der Waals surface area (Å²) in [5.41, 5.74) is -0.273. The topological polar surface area (TPSA) is 74.3 Å². The quantitative estimate of drug-likeness (QED) is 0.572. The monoisotopic (exact) mass is 272 g/mol. The fourth-order valence-electron chi connectivity index (χ4n) is 1.77. The molecular formula is C12H9NaO4S. The summed E-state index contributed by atoms with van der Waals surface area (Å²) in [5, 5.41) is 12.1. The van der Waals surface area contributed by atoms with Crippen LogP contribution in [0.1, 0.15) is 10.4 Å². The third-order valence-electron chi connectivity index (χ3n) is 2.49. The van der Waals surface area contributed by atoms with Crippen molar-refractivity contribution < 1.29 is 47.9 Å². The summed E-state index contributed by atoms with van der Waals surface area (Å²) < 4.78 is 23.0. The summed E-state index contributed by atoms with van der Waals surface area (Å²) >= 11 is 0. The van der Waals surface area contributed by atoms with Gasteiger partial charge in [0.25, 0.3) is 0 Å². The van der Waals surface area contributed by atoms with E-state index in [9.17, 15) is 18.3 Å². The van der Waals surface area contributed by atoms with Gasteiger partial charge in [0.2, 0.25) is 0 Å². The molecule has 2 aromatic carbocycles. The van der Waals surface area contributed by atoms with E-state index >= 15 is 0 Å². The minimum atomic E-state index is -3.59. The van der Waals surface area contributed by atoms with Crippen LogP contribution in [0.15, 0.2) is 41.3 Å². The number of rotatable bonds is 2. The van der Waals surface area contributed by atoms with Crippen LogP contribution in [0.3, 0.4) is 0 Å². The first-order chi connectivity index (χ1) is 7.91. The van der Waals surface area contributed by atoms with Gasteiger partial charge in [-0.15, -0.1) is 0 Å². The molecule has 2 rings (SSSR count). The van der Waals surface area contributed by atoms with Gasteiger partial charge in [-0.3, -0.25) is 0 Å². The van der Waals surface area contributed by atoms with Gasteiger partial charge in [-0.25, -0.2) is 8.42 Å². The van der Waals surface area contributed by atoms with E-state index < -0.39 is 15.8 Å². The second-order valence-electron chi connectivity index (χ2n) is 3.72. The maximum atomic E-state index is 11.5. The van der Waals surface area contributed by atoms with Crippen LogP contribution in [-0.4, -0.2) is 20.6 Å². The molecule has 0 unspecified atom stereocenters. The Morgan fingerprint density at radius 1 is 1.11 bits per heavy atom. The van der Waals surface area contributed by atoms with Crippen molar-refractivity contribution in [3.05, 3.63) is 42.0 Å². The SMILES string of the molecule is CS(=O)(=O)c1ccc2ccccc2c1C(=O)[O-].[Na+]. The molecule has 0 saturated heterocycles. The van der Waals surface area contributed by atoms with E-state index in [0.717, 1.165) is 6.26 Å². The summed E-state index contributed by atoms with van der Waals surface area (Å²) in [7, 11) is -3.59. The molecule has 0 aromatic heterocycles. The van der Waals surface area contributed by atoms with Crippen molar-refractivity contribution in [2.75, 3.05) is 6.26 Å². The molecule has 0 heterocycles. The normalized spacial score (nSPS) is 10.9. The Bertz CT molecular complexity index is 707. The van der Waals surface area contributed by atoms with Gasteiger partial charge in [0.05, 0.1) is 10.9 Å². The second kappa shape index (κ2) is 5.40. The van der Waals surface area contributed by atoms with Crippen LogP contribution in [0.5, 0.6) is 0 Å². The number of hydrogen-bond acceptors (Lipinski definition) is 4. The summed E-state index contributed by atoms with van der Waals surface area (Å²) in [4.78, 5) is 10.9. The molecular weight excluding hydrogens is 263 g/mol. The maximum Gasteiger partial charge on any atom is 1.00 e. The number of aromatic carboxylic acids is 1. The van der Waals surface area contributed by atoms with Crippen molar-refractivity contribution in [2.24, 2.45) is 0 Å². The molecule has 4 nitrogen and oxygen atoms in total. The predicted molar refractivity (Wildman–Crippen MR) is 61.4 cm³/mol. The molecule has 0 aliphatic heterocycles. The van der Waals surface area contributed by atoms with Crippen LogP contribution in [0, 0.1) is 0 Å². The van der Waals surface area contributed by atoms with Gasteiger partial charge in [-0.05, 0) is 16.8 Å². The van der Waals surface area contributed by atoms with Gasteiger partial charge >= 0.3 is 29.6 Å². The Labute approximate surface area is 127 Å². The number of sulfone groups is 1. The fraction of sp³-hybridized carbons (Fsp3) is 0.0833. The molecule has 0 aliphatic carbocycles. The maximum absolute atomic E-state index is 11.5. The third kappa shape index (κ3) is 2.75. The molecule has 6 heteroatoms. The van der Waals surface area contributed by atoms with Crippen LogP contribution in [0.2, 0.25) is 0 Å². The van der Waals surface area contributed by atoms with Crippen LogP contribution >= 0.6 is 0 Å². The first kappa shape index (κ1) is 15.2. The molecule has 0 aliphatic rings. The van der Waals surface area contributed by atoms with Gasteiger partial charge in [0, 0.05) is 11.8 Å².